The quantitative estimate of drug-likeness (QED) is 0.825. The van der Waals surface area contributed by atoms with Crippen molar-refractivity contribution in [2.75, 3.05) is 19.0 Å². The van der Waals surface area contributed by atoms with Crippen LogP contribution in [0.5, 0.6) is 5.75 Å². The van der Waals surface area contributed by atoms with E-state index in [0.717, 1.165) is 0 Å². The molecule has 0 radical (unpaired) electrons. The van der Waals surface area contributed by atoms with E-state index >= 15 is 0 Å². The highest BCUT2D eigenvalue weighted by Crippen LogP contribution is 2.22. The van der Waals surface area contributed by atoms with Crippen molar-refractivity contribution in [3.05, 3.63) is 60.2 Å². The monoisotopic (exact) mass is 313 g/mol. The molecule has 0 aliphatic heterocycles. The third-order valence-corrected chi connectivity index (χ3v) is 3.84. The van der Waals surface area contributed by atoms with Crippen molar-refractivity contribution in [2.24, 2.45) is 5.92 Å². The van der Waals surface area contributed by atoms with E-state index in [0.29, 0.717) is 23.9 Å². The first-order chi connectivity index (χ1) is 11.1. The molecule has 2 rings (SSSR count). The van der Waals surface area contributed by atoms with Crippen molar-refractivity contribution < 1.29 is 14.8 Å². The Bertz CT molecular complexity index is 626. The van der Waals surface area contributed by atoms with Gasteiger partial charge in [0.2, 0.25) is 0 Å². The number of carbonyl (C=O) groups excluding carboxylic acids is 1. The molecule has 0 aliphatic carbocycles. The number of nitrogens with one attached hydrogen (secondary N) is 1. The minimum absolute atomic E-state index is 0.0314. The Hall–Kier alpha value is -2.33. The molecule has 2 aromatic carbocycles. The lowest BCUT2D eigenvalue weighted by atomic mass is 9.96. The van der Waals surface area contributed by atoms with Gasteiger partial charge in [-0.3, -0.25) is 4.79 Å². The van der Waals surface area contributed by atoms with Crippen LogP contribution in [0.25, 0.3) is 0 Å². The largest absolute Gasteiger partial charge is 0.495 e. The second-order valence-electron chi connectivity index (χ2n) is 5.87. The Morgan fingerprint density at radius 3 is 2.39 bits per heavy atom. The van der Waals surface area contributed by atoms with Gasteiger partial charge in [0.1, 0.15) is 11.8 Å². The lowest BCUT2D eigenvalue weighted by molar-refractivity contribution is -0.692. The summed E-state index contributed by atoms with van der Waals surface area (Å²) in [5, 5.41) is 5.00. The molecule has 2 aromatic rings. The van der Waals surface area contributed by atoms with Gasteiger partial charge in [-0.05, 0) is 12.1 Å². The number of rotatable bonds is 7. The first-order valence-electron chi connectivity index (χ1n) is 7.93. The number of methoxy groups -OCH3 is 1. The summed E-state index contributed by atoms with van der Waals surface area (Å²) in [6, 6.07) is 18.0. The van der Waals surface area contributed by atoms with E-state index in [-0.39, 0.29) is 11.9 Å². The van der Waals surface area contributed by atoms with Crippen LogP contribution in [0.3, 0.4) is 0 Å². The summed E-state index contributed by atoms with van der Waals surface area (Å²) in [6.07, 6.45) is 0. The molecular weight excluding hydrogens is 288 g/mol. The van der Waals surface area contributed by atoms with Gasteiger partial charge >= 0.3 is 0 Å². The molecule has 0 aliphatic rings. The van der Waals surface area contributed by atoms with Gasteiger partial charge in [-0.25, -0.2) is 0 Å². The maximum atomic E-state index is 12.2. The second kappa shape index (κ2) is 8.34. The zero-order valence-corrected chi connectivity index (χ0v) is 14.0. The maximum absolute atomic E-state index is 12.2. The molecule has 122 valence electrons. The molecule has 0 fully saturated rings. The van der Waals surface area contributed by atoms with Crippen LogP contribution in [0.4, 0.5) is 5.69 Å². The summed E-state index contributed by atoms with van der Waals surface area (Å²) < 4.78 is 5.25. The first kappa shape index (κ1) is 17.0. The van der Waals surface area contributed by atoms with Gasteiger partial charge in [-0.15, -0.1) is 0 Å². The zero-order valence-electron chi connectivity index (χ0n) is 14.0. The molecule has 0 saturated carbocycles. The average Bonchev–Trinajstić information content (AvgIpc) is 2.56. The van der Waals surface area contributed by atoms with Crippen LogP contribution in [0.1, 0.15) is 25.5 Å². The number of hydrogen-bond donors (Lipinski definition) is 2. The van der Waals surface area contributed by atoms with E-state index in [4.69, 9.17) is 4.74 Å². The molecule has 1 amide bonds. The Kier molecular flexibility index (Phi) is 6.18. The Balaban J connectivity index is 1.97. The van der Waals surface area contributed by atoms with Gasteiger partial charge in [0, 0.05) is 11.5 Å². The number of hydrogen-bond acceptors (Lipinski definition) is 2. The molecule has 0 bridgehead atoms. The normalized spacial score (nSPS) is 12.0. The highest BCUT2D eigenvalue weighted by molar-refractivity contribution is 5.92. The van der Waals surface area contributed by atoms with E-state index in [1.54, 1.807) is 7.11 Å². The number of ether oxygens (including phenoxy) is 1. The van der Waals surface area contributed by atoms with Gasteiger partial charge in [0.05, 0.1) is 12.8 Å². The van der Waals surface area contributed by atoms with E-state index < -0.39 is 0 Å². The summed E-state index contributed by atoms with van der Waals surface area (Å²) in [5.74, 6) is 1.08. The van der Waals surface area contributed by atoms with Crippen LogP contribution in [0.2, 0.25) is 0 Å². The van der Waals surface area contributed by atoms with Crippen molar-refractivity contribution >= 4 is 11.6 Å². The summed E-state index contributed by atoms with van der Waals surface area (Å²) >= 11 is 0. The number of amides is 1. The van der Waals surface area contributed by atoms with Crippen LogP contribution in [0.15, 0.2) is 54.6 Å². The number of carbonyl (C=O) groups is 1. The molecule has 4 heteroatoms. The topological polar surface area (TPSA) is 54.9 Å². The van der Waals surface area contributed by atoms with Crippen LogP contribution < -0.4 is 15.4 Å². The zero-order chi connectivity index (χ0) is 16.7. The highest BCUT2D eigenvalue weighted by atomic mass is 16.5. The van der Waals surface area contributed by atoms with Gasteiger partial charge in [-0.1, -0.05) is 56.3 Å². The summed E-state index contributed by atoms with van der Waals surface area (Å²) in [7, 11) is 1.60. The third-order valence-electron chi connectivity index (χ3n) is 3.84. The molecule has 3 N–H and O–H groups in total. The van der Waals surface area contributed by atoms with E-state index in [1.807, 2.05) is 42.5 Å². The van der Waals surface area contributed by atoms with Crippen molar-refractivity contribution in [2.45, 2.75) is 19.9 Å². The minimum Gasteiger partial charge on any atom is -0.495 e. The van der Waals surface area contributed by atoms with Gasteiger partial charge in [-0.2, -0.15) is 0 Å². The number of anilines is 1. The number of para-hydroxylation sites is 2. The summed E-state index contributed by atoms with van der Waals surface area (Å²) in [4.78, 5) is 12.2. The molecule has 0 heterocycles. The lowest BCUT2D eigenvalue weighted by Gasteiger charge is -2.19. The number of benzene rings is 2. The smallest absolute Gasteiger partial charge is 0.279 e. The molecule has 0 aromatic heterocycles. The fourth-order valence-electron chi connectivity index (χ4n) is 2.65. The second-order valence-corrected chi connectivity index (χ2v) is 5.87. The molecular formula is C19H25N2O2+. The fourth-order valence-corrected chi connectivity index (χ4v) is 2.65. The van der Waals surface area contributed by atoms with Crippen LogP contribution in [0, 0.1) is 5.92 Å². The van der Waals surface area contributed by atoms with E-state index in [9.17, 15) is 4.79 Å². The Morgan fingerprint density at radius 2 is 1.74 bits per heavy atom. The Morgan fingerprint density at radius 1 is 1.09 bits per heavy atom. The predicted molar refractivity (Wildman–Crippen MR) is 92.4 cm³/mol. The fraction of sp³-hybridized carbons (Fsp3) is 0.316. The molecule has 0 unspecified atom stereocenters. The molecule has 1 atom stereocenters. The number of quaternary nitrogens is 1. The summed E-state index contributed by atoms with van der Waals surface area (Å²) in [5.41, 5.74) is 1.95. The van der Waals surface area contributed by atoms with E-state index in [2.05, 4.69) is 36.6 Å². The van der Waals surface area contributed by atoms with E-state index in [1.165, 1.54) is 5.56 Å². The predicted octanol–water partition coefficient (Wildman–Crippen LogP) is 2.59. The SMILES string of the molecule is COc1ccccc1NC(=O)C[NH2+][C@@H](c1ccccc1)C(C)C. The van der Waals surface area contributed by atoms with Crippen LogP contribution in [-0.4, -0.2) is 19.6 Å². The Labute approximate surface area is 137 Å². The van der Waals surface area contributed by atoms with Crippen molar-refractivity contribution in [1.29, 1.82) is 0 Å². The van der Waals surface area contributed by atoms with Crippen molar-refractivity contribution in [3.63, 3.8) is 0 Å². The van der Waals surface area contributed by atoms with Gasteiger partial charge in [0.15, 0.2) is 6.54 Å². The lowest BCUT2D eigenvalue weighted by Crippen LogP contribution is -2.88. The van der Waals surface area contributed by atoms with Crippen LogP contribution in [-0.2, 0) is 4.79 Å². The first-order valence-corrected chi connectivity index (χ1v) is 7.93. The number of nitrogens with two attached hydrogens (primary N) is 1. The molecule has 0 saturated heterocycles. The van der Waals surface area contributed by atoms with Gasteiger partial charge in [0.25, 0.3) is 5.91 Å². The van der Waals surface area contributed by atoms with Crippen molar-refractivity contribution in [1.82, 2.24) is 0 Å². The molecule has 23 heavy (non-hydrogen) atoms. The van der Waals surface area contributed by atoms with Crippen LogP contribution >= 0.6 is 0 Å². The maximum Gasteiger partial charge on any atom is 0.279 e. The highest BCUT2D eigenvalue weighted by Gasteiger charge is 2.20. The summed E-state index contributed by atoms with van der Waals surface area (Å²) in [6.45, 7) is 4.72. The third kappa shape index (κ3) is 4.83. The molecule has 4 nitrogen and oxygen atoms in total. The molecule has 0 spiro atoms. The average molecular weight is 313 g/mol. The van der Waals surface area contributed by atoms with Crippen molar-refractivity contribution in [3.8, 4) is 5.75 Å². The van der Waals surface area contributed by atoms with Gasteiger partial charge < -0.3 is 15.4 Å². The standard InChI is InChI=1S/C19H24N2O2/c1-14(2)19(15-9-5-4-6-10-15)20-13-18(22)21-16-11-7-8-12-17(16)23-3/h4-12,14,19-20H,13H2,1-3H3,(H,21,22)/p+1/t19-/m1/s1. The minimum atomic E-state index is -0.0314.